The lowest BCUT2D eigenvalue weighted by Crippen LogP contribution is -2.28. The predicted octanol–water partition coefficient (Wildman–Crippen LogP) is 1.12. The molecule has 6 nitrogen and oxygen atoms in total. The fourth-order valence-electron chi connectivity index (χ4n) is 1.86. The highest BCUT2D eigenvalue weighted by Gasteiger charge is 2.11. The van der Waals surface area contributed by atoms with Gasteiger partial charge in [0.2, 0.25) is 5.91 Å². The lowest BCUT2D eigenvalue weighted by atomic mass is 10.1. The quantitative estimate of drug-likeness (QED) is 0.827. The Morgan fingerprint density at radius 1 is 1.35 bits per heavy atom. The van der Waals surface area contributed by atoms with E-state index in [4.69, 9.17) is 0 Å². The predicted molar refractivity (Wildman–Crippen MR) is 77.3 cm³/mol. The van der Waals surface area contributed by atoms with Crippen LogP contribution in [0.3, 0.4) is 0 Å². The molecule has 0 saturated carbocycles. The Bertz CT molecular complexity index is 535. The largest absolute Gasteiger partial charge is 0.326 e. The first-order chi connectivity index (χ1) is 9.69. The summed E-state index contributed by atoms with van der Waals surface area (Å²) in [5, 5.41) is 9.95. The number of rotatable bonds is 6. The Hall–Kier alpha value is -2.21. The summed E-state index contributed by atoms with van der Waals surface area (Å²) in [6.45, 7) is 3.23. The van der Waals surface area contributed by atoms with Crippen molar-refractivity contribution in [3.63, 3.8) is 0 Å². The summed E-state index contributed by atoms with van der Waals surface area (Å²) < 4.78 is 1.75. The highest BCUT2D eigenvalue weighted by atomic mass is 16.1. The molecule has 0 bridgehead atoms. The molecular weight excluding hydrogens is 254 g/mol. The third kappa shape index (κ3) is 3.89. The number of anilines is 1. The topological polar surface area (TPSA) is 71.8 Å². The zero-order valence-electron chi connectivity index (χ0n) is 11.7. The molecule has 0 fully saturated rings. The molecule has 2 aromatic rings. The molecule has 1 atom stereocenters. The van der Waals surface area contributed by atoms with Crippen LogP contribution in [0.15, 0.2) is 36.9 Å². The van der Waals surface area contributed by atoms with Crippen LogP contribution in [-0.4, -0.2) is 34.3 Å². The maximum atomic E-state index is 11.9. The Balaban J connectivity index is 1.93. The third-order valence-corrected chi connectivity index (χ3v) is 2.99. The first-order valence-corrected chi connectivity index (χ1v) is 6.56. The molecule has 6 heteroatoms. The molecule has 1 amide bonds. The van der Waals surface area contributed by atoms with Gasteiger partial charge in [0.05, 0.1) is 6.54 Å². The Morgan fingerprint density at radius 3 is 2.70 bits per heavy atom. The van der Waals surface area contributed by atoms with Gasteiger partial charge in [-0.3, -0.25) is 4.79 Å². The van der Waals surface area contributed by atoms with Crippen molar-refractivity contribution in [1.82, 2.24) is 20.1 Å². The zero-order chi connectivity index (χ0) is 14.4. The van der Waals surface area contributed by atoms with Crippen molar-refractivity contribution >= 4 is 11.6 Å². The molecule has 1 aromatic heterocycles. The van der Waals surface area contributed by atoms with E-state index in [9.17, 15) is 4.79 Å². The van der Waals surface area contributed by atoms with Crippen molar-refractivity contribution in [3.8, 4) is 0 Å². The number of carbonyl (C=O) groups is 1. The van der Waals surface area contributed by atoms with Crippen molar-refractivity contribution in [2.24, 2.45) is 5.92 Å². The van der Waals surface area contributed by atoms with Gasteiger partial charge >= 0.3 is 0 Å². The van der Waals surface area contributed by atoms with E-state index in [1.54, 1.807) is 11.0 Å². The molecule has 1 heterocycles. The molecule has 0 aliphatic heterocycles. The Labute approximate surface area is 118 Å². The van der Waals surface area contributed by atoms with Crippen LogP contribution in [-0.2, 0) is 11.3 Å². The molecule has 2 rings (SSSR count). The summed E-state index contributed by atoms with van der Waals surface area (Å²) in [7, 11) is 1.84. The van der Waals surface area contributed by atoms with E-state index in [0.717, 1.165) is 11.3 Å². The second-order valence-corrected chi connectivity index (χ2v) is 4.74. The van der Waals surface area contributed by atoms with Gasteiger partial charge in [-0.05, 0) is 24.7 Å². The SMILES string of the molecule is CNCC(C)C(=O)Nc1ccc(Cn2cncn2)cc1. The number of hydrogen-bond acceptors (Lipinski definition) is 4. The highest BCUT2D eigenvalue weighted by Crippen LogP contribution is 2.11. The van der Waals surface area contributed by atoms with Gasteiger partial charge < -0.3 is 10.6 Å². The minimum absolute atomic E-state index is 0.0170. The van der Waals surface area contributed by atoms with Crippen LogP contribution in [0, 0.1) is 5.92 Å². The lowest BCUT2D eigenvalue weighted by Gasteiger charge is -2.12. The first kappa shape index (κ1) is 14.2. The molecule has 0 aliphatic rings. The molecular formula is C14H19N5O. The molecule has 0 saturated heterocycles. The van der Waals surface area contributed by atoms with Crippen LogP contribution >= 0.6 is 0 Å². The summed E-state index contributed by atoms with van der Waals surface area (Å²) in [5.74, 6) is -0.0433. The molecule has 0 radical (unpaired) electrons. The Kier molecular flexibility index (Phi) is 4.84. The first-order valence-electron chi connectivity index (χ1n) is 6.56. The van der Waals surface area contributed by atoms with Crippen LogP contribution in [0.1, 0.15) is 12.5 Å². The van der Waals surface area contributed by atoms with Gasteiger partial charge in [-0.25, -0.2) is 9.67 Å². The van der Waals surface area contributed by atoms with E-state index >= 15 is 0 Å². The fourth-order valence-corrected chi connectivity index (χ4v) is 1.86. The summed E-state index contributed by atoms with van der Waals surface area (Å²) in [5.41, 5.74) is 1.91. The van der Waals surface area contributed by atoms with Gasteiger partial charge in [0.1, 0.15) is 12.7 Å². The van der Waals surface area contributed by atoms with Gasteiger partial charge in [-0.2, -0.15) is 5.10 Å². The average molecular weight is 273 g/mol. The van der Waals surface area contributed by atoms with E-state index in [1.807, 2.05) is 38.2 Å². The van der Waals surface area contributed by atoms with E-state index in [1.165, 1.54) is 6.33 Å². The van der Waals surface area contributed by atoms with Gasteiger partial charge in [-0.1, -0.05) is 19.1 Å². The Morgan fingerprint density at radius 2 is 2.10 bits per heavy atom. The standard InChI is InChI=1S/C14H19N5O/c1-11(7-15-2)14(20)18-13-5-3-12(4-6-13)8-19-10-16-9-17-19/h3-6,9-11,15H,7-8H2,1-2H3,(H,18,20). The number of carbonyl (C=O) groups excluding carboxylic acids is 1. The van der Waals surface area contributed by atoms with Crippen LogP contribution < -0.4 is 10.6 Å². The van der Waals surface area contributed by atoms with Crippen molar-refractivity contribution in [3.05, 3.63) is 42.5 Å². The molecule has 20 heavy (non-hydrogen) atoms. The van der Waals surface area contributed by atoms with Crippen molar-refractivity contribution in [1.29, 1.82) is 0 Å². The van der Waals surface area contributed by atoms with Crippen molar-refractivity contribution < 1.29 is 4.79 Å². The number of amides is 1. The second-order valence-electron chi connectivity index (χ2n) is 4.74. The monoisotopic (exact) mass is 273 g/mol. The van der Waals surface area contributed by atoms with E-state index in [0.29, 0.717) is 13.1 Å². The number of hydrogen-bond donors (Lipinski definition) is 2. The molecule has 0 aliphatic carbocycles. The van der Waals surface area contributed by atoms with Crippen LogP contribution in [0.4, 0.5) is 5.69 Å². The lowest BCUT2D eigenvalue weighted by molar-refractivity contribution is -0.119. The summed E-state index contributed by atoms with van der Waals surface area (Å²) in [6.07, 6.45) is 3.19. The minimum atomic E-state index is -0.0603. The number of nitrogens with one attached hydrogen (secondary N) is 2. The van der Waals surface area contributed by atoms with E-state index in [2.05, 4.69) is 20.7 Å². The molecule has 106 valence electrons. The average Bonchev–Trinajstić information content (AvgIpc) is 2.94. The van der Waals surface area contributed by atoms with Crippen LogP contribution in [0.25, 0.3) is 0 Å². The van der Waals surface area contributed by atoms with Gasteiger partial charge in [0, 0.05) is 18.2 Å². The third-order valence-electron chi connectivity index (χ3n) is 2.99. The van der Waals surface area contributed by atoms with Crippen molar-refractivity contribution in [2.45, 2.75) is 13.5 Å². The summed E-state index contributed by atoms with van der Waals surface area (Å²) in [6, 6.07) is 7.74. The number of benzene rings is 1. The van der Waals surface area contributed by atoms with Crippen LogP contribution in [0.5, 0.6) is 0 Å². The summed E-state index contributed by atoms with van der Waals surface area (Å²) in [4.78, 5) is 15.8. The molecule has 1 aromatic carbocycles. The second kappa shape index (κ2) is 6.81. The molecule has 0 spiro atoms. The van der Waals surface area contributed by atoms with Gasteiger partial charge in [-0.15, -0.1) is 0 Å². The summed E-state index contributed by atoms with van der Waals surface area (Å²) >= 11 is 0. The number of nitrogens with zero attached hydrogens (tertiary/aromatic N) is 3. The number of aromatic nitrogens is 3. The van der Waals surface area contributed by atoms with E-state index < -0.39 is 0 Å². The van der Waals surface area contributed by atoms with Gasteiger partial charge in [0.15, 0.2) is 0 Å². The maximum absolute atomic E-state index is 11.9. The minimum Gasteiger partial charge on any atom is -0.326 e. The van der Waals surface area contributed by atoms with Crippen LogP contribution in [0.2, 0.25) is 0 Å². The van der Waals surface area contributed by atoms with Crippen molar-refractivity contribution in [2.75, 3.05) is 18.9 Å². The zero-order valence-corrected chi connectivity index (χ0v) is 11.7. The maximum Gasteiger partial charge on any atom is 0.228 e. The molecule has 2 N–H and O–H groups in total. The highest BCUT2D eigenvalue weighted by molar-refractivity contribution is 5.92. The fraction of sp³-hybridized carbons (Fsp3) is 0.357. The van der Waals surface area contributed by atoms with Gasteiger partial charge in [0.25, 0.3) is 0 Å². The van der Waals surface area contributed by atoms with E-state index in [-0.39, 0.29) is 11.8 Å². The normalized spacial score (nSPS) is 12.1. The molecule has 1 unspecified atom stereocenters. The smallest absolute Gasteiger partial charge is 0.228 e.